The van der Waals surface area contributed by atoms with Crippen LogP contribution in [-0.4, -0.2) is 34.7 Å². The molecule has 0 saturated carbocycles. The van der Waals surface area contributed by atoms with E-state index in [1.54, 1.807) is 18.8 Å². The molecule has 0 aromatic carbocycles. The molecule has 0 spiro atoms. The summed E-state index contributed by atoms with van der Waals surface area (Å²) >= 11 is 1.79. The Morgan fingerprint density at radius 3 is 3.20 bits per heavy atom. The van der Waals surface area contributed by atoms with Crippen molar-refractivity contribution >= 4 is 23.4 Å². The van der Waals surface area contributed by atoms with Crippen molar-refractivity contribution in [2.45, 2.75) is 5.75 Å². The van der Waals surface area contributed by atoms with E-state index < -0.39 is 0 Å². The third-order valence-electron chi connectivity index (χ3n) is 2.60. The lowest BCUT2D eigenvalue weighted by molar-refractivity contribution is 0.930. The number of pyridine rings is 1. The summed E-state index contributed by atoms with van der Waals surface area (Å²) < 4.78 is 2.02. The molecule has 104 valence electrons. The number of nitriles is 1. The first kappa shape index (κ1) is 14.2. The lowest BCUT2D eigenvalue weighted by Crippen LogP contribution is -2.35. The fraction of sp³-hybridized carbons (Fsp3) is 0.308. The zero-order valence-corrected chi connectivity index (χ0v) is 12.0. The van der Waals surface area contributed by atoms with Crippen LogP contribution in [0.25, 0.3) is 5.65 Å². The molecule has 6 nitrogen and oxygen atoms in total. The van der Waals surface area contributed by atoms with E-state index in [2.05, 4.69) is 20.6 Å². The van der Waals surface area contributed by atoms with Gasteiger partial charge in [0.25, 0.3) is 0 Å². The number of aliphatic imine (C=N–C) groups is 1. The summed E-state index contributed by atoms with van der Waals surface area (Å²) in [5.41, 5.74) is 2.04. The van der Waals surface area contributed by atoms with E-state index in [1.165, 1.54) is 0 Å². The highest BCUT2D eigenvalue weighted by Gasteiger charge is 2.01. The van der Waals surface area contributed by atoms with Gasteiger partial charge >= 0.3 is 0 Å². The van der Waals surface area contributed by atoms with Crippen molar-refractivity contribution < 1.29 is 0 Å². The monoisotopic (exact) mass is 288 g/mol. The molecule has 0 aliphatic carbocycles. The molecule has 0 unspecified atom stereocenters. The van der Waals surface area contributed by atoms with Crippen LogP contribution in [0.15, 0.2) is 35.6 Å². The molecule has 0 amide bonds. The first-order valence-corrected chi connectivity index (χ1v) is 7.35. The second-order valence-corrected chi connectivity index (χ2v) is 5.09. The Kier molecular flexibility index (Phi) is 5.26. The maximum Gasteiger partial charge on any atom is 0.204 e. The molecule has 0 atom stereocenters. The van der Waals surface area contributed by atoms with Crippen LogP contribution < -0.4 is 10.6 Å². The number of hydrogen-bond donors (Lipinski definition) is 2. The lowest BCUT2D eigenvalue weighted by Gasteiger charge is -2.05. The van der Waals surface area contributed by atoms with Crippen molar-refractivity contribution in [1.29, 1.82) is 5.26 Å². The lowest BCUT2D eigenvalue weighted by atomic mass is 10.5. The Morgan fingerprint density at radius 2 is 2.45 bits per heavy atom. The van der Waals surface area contributed by atoms with Crippen LogP contribution in [0.3, 0.4) is 0 Å². The Balaban J connectivity index is 1.72. The topological polar surface area (TPSA) is 77.5 Å². The Hall–Kier alpha value is -2.20. The molecule has 7 heteroatoms. The SMILES string of the molecule is CN=C(NC#N)NCCSCc1cn2ccccc2n1. The highest BCUT2D eigenvalue weighted by molar-refractivity contribution is 7.98. The molecule has 0 aliphatic rings. The van der Waals surface area contributed by atoms with Gasteiger partial charge in [0.1, 0.15) is 5.65 Å². The summed E-state index contributed by atoms with van der Waals surface area (Å²) in [5.74, 6) is 2.29. The predicted molar refractivity (Wildman–Crippen MR) is 81.5 cm³/mol. The van der Waals surface area contributed by atoms with E-state index in [0.717, 1.165) is 29.4 Å². The number of thioether (sulfide) groups is 1. The fourth-order valence-corrected chi connectivity index (χ4v) is 2.45. The van der Waals surface area contributed by atoms with Crippen LogP contribution in [0.5, 0.6) is 0 Å². The number of rotatable bonds is 5. The average Bonchev–Trinajstić information content (AvgIpc) is 2.88. The van der Waals surface area contributed by atoms with Crippen molar-refractivity contribution in [2.75, 3.05) is 19.3 Å². The molecule has 2 rings (SSSR count). The van der Waals surface area contributed by atoms with Crippen LogP contribution in [0, 0.1) is 11.5 Å². The van der Waals surface area contributed by atoms with E-state index in [1.807, 2.05) is 41.2 Å². The third kappa shape index (κ3) is 3.90. The molecule has 0 fully saturated rings. The number of hydrogen-bond acceptors (Lipinski definition) is 4. The summed E-state index contributed by atoms with van der Waals surface area (Å²) in [4.78, 5) is 8.44. The van der Waals surface area contributed by atoms with Crippen LogP contribution in [0.4, 0.5) is 0 Å². The zero-order valence-electron chi connectivity index (χ0n) is 11.2. The van der Waals surface area contributed by atoms with Crippen LogP contribution in [-0.2, 0) is 5.75 Å². The summed E-state index contributed by atoms with van der Waals surface area (Å²) in [6, 6.07) is 5.97. The van der Waals surface area contributed by atoms with E-state index in [4.69, 9.17) is 5.26 Å². The van der Waals surface area contributed by atoms with E-state index in [0.29, 0.717) is 5.96 Å². The second kappa shape index (κ2) is 7.40. The molecule has 2 heterocycles. The van der Waals surface area contributed by atoms with E-state index in [-0.39, 0.29) is 0 Å². The number of imidazole rings is 1. The molecule has 0 bridgehead atoms. The quantitative estimate of drug-likeness (QED) is 0.284. The smallest absolute Gasteiger partial charge is 0.204 e. The summed E-state index contributed by atoms with van der Waals surface area (Å²) in [5, 5.41) is 14.0. The number of nitrogens with one attached hydrogen (secondary N) is 2. The Morgan fingerprint density at radius 1 is 1.55 bits per heavy atom. The van der Waals surface area contributed by atoms with Crippen LogP contribution in [0.1, 0.15) is 5.69 Å². The predicted octanol–water partition coefficient (Wildman–Crippen LogP) is 1.21. The molecule has 2 aromatic heterocycles. The standard InChI is InChI=1S/C13H16N6S/c1-15-13(17-10-14)16-5-7-20-9-11-8-19-6-3-2-4-12(19)18-11/h2-4,6,8H,5,7,9H2,1H3,(H2,15,16,17). The highest BCUT2D eigenvalue weighted by Crippen LogP contribution is 2.12. The van der Waals surface area contributed by atoms with Gasteiger partial charge in [-0.05, 0) is 12.1 Å². The average molecular weight is 288 g/mol. The Bertz CT molecular complexity index is 594. The summed E-state index contributed by atoms with van der Waals surface area (Å²) in [6.45, 7) is 0.749. The highest BCUT2D eigenvalue weighted by atomic mass is 32.2. The number of fused-ring (bicyclic) bond motifs is 1. The zero-order chi connectivity index (χ0) is 14.2. The van der Waals surface area contributed by atoms with E-state index >= 15 is 0 Å². The van der Waals surface area contributed by atoms with Gasteiger partial charge in [-0.3, -0.25) is 10.3 Å². The van der Waals surface area contributed by atoms with Crippen molar-refractivity contribution in [2.24, 2.45) is 4.99 Å². The van der Waals surface area contributed by atoms with Gasteiger partial charge in [-0.1, -0.05) is 6.07 Å². The molecule has 0 saturated heterocycles. The van der Waals surface area contributed by atoms with Gasteiger partial charge in [-0.2, -0.15) is 17.0 Å². The molecule has 2 aromatic rings. The first-order valence-electron chi connectivity index (χ1n) is 6.19. The van der Waals surface area contributed by atoms with Crippen LogP contribution >= 0.6 is 11.8 Å². The van der Waals surface area contributed by atoms with Crippen molar-refractivity contribution in [3.8, 4) is 6.19 Å². The largest absolute Gasteiger partial charge is 0.355 e. The molecule has 20 heavy (non-hydrogen) atoms. The second-order valence-electron chi connectivity index (χ2n) is 3.99. The molecule has 0 aliphatic heterocycles. The Labute approximate surface area is 121 Å². The third-order valence-corrected chi connectivity index (χ3v) is 3.59. The molecular formula is C13H16N6S. The van der Waals surface area contributed by atoms with E-state index in [9.17, 15) is 0 Å². The maximum absolute atomic E-state index is 8.49. The minimum absolute atomic E-state index is 0.501. The van der Waals surface area contributed by atoms with Crippen LogP contribution in [0.2, 0.25) is 0 Å². The molecule has 2 N–H and O–H groups in total. The summed E-state index contributed by atoms with van der Waals surface area (Å²) in [7, 11) is 1.64. The first-order chi connectivity index (χ1) is 9.83. The van der Waals surface area contributed by atoms with Gasteiger partial charge in [0.05, 0.1) is 5.69 Å². The normalized spacial score (nSPS) is 11.3. The van der Waals surface area contributed by atoms with Gasteiger partial charge in [0.15, 0.2) is 6.19 Å². The summed E-state index contributed by atoms with van der Waals surface area (Å²) in [6.07, 6.45) is 5.88. The molecule has 0 radical (unpaired) electrons. The van der Waals surface area contributed by atoms with Gasteiger partial charge in [-0.25, -0.2) is 4.98 Å². The molecular weight excluding hydrogens is 272 g/mol. The van der Waals surface area contributed by atoms with Gasteiger partial charge in [0.2, 0.25) is 5.96 Å². The minimum Gasteiger partial charge on any atom is -0.355 e. The number of nitrogens with zero attached hydrogens (tertiary/aromatic N) is 4. The van der Waals surface area contributed by atoms with Gasteiger partial charge < -0.3 is 9.72 Å². The van der Waals surface area contributed by atoms with Crippen molar-refractivity contribution in [3.05, 3.63) is 36.3 Å². The minimum atomic E-state index is 0.501. The number of aromatic nitrogens is 2. The maximum atomic E-state index is 8.49. The van der Waals surface area contributed by atoms with Crippen molar-refractivity contribution in [3.63, 3.8) is 0 Å². The fourth-order valence-electron chi connectivity index (χ4n) is 1.71. The number of guanidine groups is 1. The van der Waals surface area contributed by atoms with Crippen molar-refractivity contribution in [1.82, 2.24) is 20.0 Å². The van der Waals surface area contributed by atoms with Gasteiger partial charge in [-0.15, -0.1) is 0 Å². The van der Waals surface area contributed by atoms with Gasteiger partial charge in [0, 0.05) is 37.5 Å².